The minimum Gasteiger partial charge on any atom is -0.376 e. The zero-order valence-corrected chi connectivity index (χ0v) is 21.6. The largest absolute Gasteiger partial charge is 0.376 e. The van der Waals surface area contributed by atoms with E-state index in [0.29, 0.717) is 17.7 Å². The Hall–Kier alpha value is -3.66. The molecule has 1 aliphatic rings. The maximum Gasteiger partial charge on any atom is 0.247 e. The fourth-order valence-corrected chi connectivity index (χ4v) is 4.26. The molecule has 10 heteroatoms. The van der Waals surface area contributed by atoms with Crippen LogP contribution >= 0.6 is 0 Å². The number of hydrogen-bond acceptors (Lipinski definition) is 6. The Labute approximate surface area is 216 Å². The predicted octanol–water partition coefficient (Wildman–Crippen LogP) is 3.45. The Kier molecular flexibility index (Phi) is 7.97. The van der Waals surface area contributed by atoms with Gasteiger partial charge in [0.25, 0.3) is 0 Å². The summed E-state index contributed by atoms with van der Waals surface area (Å²) in [7, 11) is 0. The first-order chi connectivity index (χ1) is 17.6. The molecule has 2 atom stereocenters. The van der Waals surface area contributed by atoms with Gasteiger partial charge in [-0.05, 0) is 75.6 Å². The van der Waals surface area contributed by atoms with Crippen LogP contribution in [0.1, 0.15) is 50.8 Å². The minimum absolute atomic E-state index is 0.169. The molecule has 2 aromatic carbocycles. The lowest BCUT2D eigenvalue weighted by atomic mass is 10.00. The lowest BCUT2D eigenvalue weighted by molar-refractivity contribution is -0.144. The normalized spacial score (nSPS) is 16.4. The number of halogens is 1. The van der Waals surface area contributed by atoms with Crippen LogP contribution in [-0.2, 0) is 20.9 Å². The third-order valence-corrected chi connectivity index (χ3v) is 6.03. The maximum atomic E-state index is 13.8. The fourth-order valence-electron chi connectivity index (χ4n) is 4.26. The van der Waals surface area contributed by atoms with Gasteiger partial charge in [-0.15, -0.1) is 10.2 Å². The second kappa shape index (κ2) is 11.2. The molecule has 4 rings (SSSR count). The summed E-state index contributed by atoms with van der Waals surface area (Å²) in [5, 5.41) is 15.4. The maximum absolute atomic E-state index is 13.8. The SMILES string of the molecule is Cc1ccc([C@H](C(=O)NC(C)(C)C)N(C[C@@H]2CCCO2)C(=O)Cn2nnc(-c3ccc(F)cc3)n2)cc1. The zero-order chi connectivity index (χ0) is 26.6. The molecule has 2 amide bonds. The van der Waals surface area contributed by atoms with E-state index in [1.165, 1.54) is 16.9 Å². The van der Waals surface area contributed by atoms with Crippen molar-refractivity contribution >= 4 is 11.8 Å². The number of hydrogen-bond donors (Lipinski definition) is 1. The fraction of sp³-hybridized carbons (Fsp3) is 0.444. The third kappa shape index (κ3) is 6.97. The van der Waals surface area contributed by atoms with Crippen LogP contribution in [-0.4, -0.2) is 61.7 Å². The van der Waals surface area contributed by atoms with Gasteiger partial charge in [-0.1, -0.05) is 29.8 Å². The van der Waals surface area contributed by atoms with Crippen LogP contribution in [0.5, 0.6) is 0 Å². The van der Waals surface area contributed by atoms with Gasteiger partial charge in [0.15, 0.2) is 0 Å². The highest BCUT2D eigenvalue weighted by molar-refractivity contribution is 5.89. The van der Waals surface area contributed by atoms with E-state index in [1.807, 2.05) is 52.0 Å². The van der Waals surface area contributed by atoms with Crippen molar-refractivity contribution in [2.45, 2.75) is 64.8 Å². The van der Waals surface area contributed by atoms with E-state index in [4.69, 9.17) is 4.74 Å². The second-order valence-corrected chi connectivity index (χ2v) is 10.4. The summed E-state index contributed by atoms with van der Waals surface area (Å²) in [5.74, 6) is -0.708. The van der Waals surface area contributed by atoms with E-state index in [-0.39, 0.29) is 42.6 Å². The lowest BCUT2D eigenvalue weighted by Crippen LogP contribution is -2.51. The first-order valence-corrected chi connectivity index (χ1v) is 12.4. The molecule has 0 radical (unpaired) electrons. The Balaban J connectivity index is 1.64. The van der Waals surface area contributed by atoms with Crippen LogP contribution in [0.25, 0.3) is 11.4 Å². The molecule has 0 spiro atoms. The Morgan fingerprint density at radius 3 is 2.49 bits per heavy atom. The average molecular weight is 509 g/mol. The number of carbonyl (C=O) groups is 2. The summed E-state index contributed by atoms with van der Waals surface area (Å²) < 4.78 is 19.1. The number of aromatic nitrogens is 4. The molecule has 1 fully saturated rings. The van der Waals surface area contributed by atoms with Gasteiger partial charge in [0.1, 0.15) is 18.4 Å². The van der Waals surface area contributed by atoms with Crippen LogP contribution < -0.4 is 5.32 Å². The van der Waals surface area contributed by atoms with Crippen molar-refractivity contribution < 1.29 is 18.7 Å². The van der Waals surface area contributed by atoms with Gasteiger partial charge in [0.05, 0.1) is 6.10 Å². The molecular weight excluding hydrogens is 475 g/mol. The van der Waals surface area contributed by atoms with Gasteiger partial charge in [-0.3, -0.25) is 9.59 Å². The highest BCUT2D eigenvalue weighted by Gasteiger charge is 2.35. The van der Waals surface area contributed by atoms with Crippen LogP contribution in [0.2, 0.25) is 0 Å². The Bertz CT molecular complexity index is 1210. The summed E-state index contributed by atoms with van der Waals surface area (Å²) >= 11 is 0. The van der Waals surface area contributed by atoms with Crippen molar-refractivity contribution in [2.75, 3.05) is 13.2 Å². The van der Waals surface area contributed by atoms with E-state index in [1.54, 1.807) is 17.0 Å². The minimum atomic E-state index is -0.864. The first-order valence-electron chi connectivity index (χ1n) is 12.4. The third-order valence-electron chi connectivity index (χ3n) is 6.03. The molecule has 0 bridgehead atoms. The van der Waals surface area contributed by atoms with Crippen molar-refractivity contribution in [3.63, 3.8) is 0 Å². The van der Waals surface area contributed by atoms with E-state index in [9.17, 15) is 14.0 Å². The first kappa shape index (κ1) is 26.4. The molecule has 0 unspecified atom stereocenters. The second-order valence-electron chi connectivity index (χ2n) is 10.4. The topological polar surface area (TPSA) is 102 Å². The van der Waals surface area contributed by atoms with Gasteiger partial charge < -0.3 is 15.0 Å². The van der Waals surface area contributed by atoms with Crippen molar-refractivity contribution in [1.29, 1.82) is 0 Å². The number of ether oxygens (including phenoxy) is 1. The molecular formula is C27H33FN6O3. The molecule has 1 N–H and O–H groups in total. The molecule has 3 aromatic rings. The van der Waals surface area contributed by atoms with Crippen LogP contribution in [0.15, 0.2) is 48.5 Å². The van der Waals surface area contributed by atoms with E-state index in [0.717, 1.165) is 18.4 Å². The van der Waals surface area contributed by atoms with Gasteiger partial charge in [0.2, 0.25) is 17.6 Å². The molecule has 0 aliphatic carbocycles. The van der Waals surface area contributed by atoms with Gasteiger partial charge in [-0.2, -0.15) is 4.80 Å². The van der Waals surface area contributed by atoms with Crippen molar-refractivity contribution in [3.8, 4) is 11.4 Å². The summed E-state index contributed by atoms with van der Waals surface area (Å²) in [5.41, 5.74) is 1.85. The number of aryl methyl sites for hydroxylation is 1. The molecule has 196 valence electrons. The smallest absolute Gasteiger partial charge is 0.247 e. The molecule has 1 aromatic heterocycles. The summed E-state index contributed by atoms with van der Waals surface area (Å²) in [6.07, 6.45) is 1.54. The molecule has 1 aliphatic heterocycles. The van der Waals surface area contributed by atoms with Gasteiger partial charge in [0, 0.05) is 24.3 Å². The van der Waals surface area contributed by atoms with Crippen LogP contribution in [0.3, 0.4) is 0 Å². The summed E-state index contributed by atoms with van der Waals surface area (Å²) in [4.78, 5) is 30.1. The number of rotatable bonds is 8. The van der Waals surface area contributed by atoms with E-state index in [2.05, 4.69) is 20.7 Å². The Morgan fingerprint density at radius 1 is 1.16 bits per heavy atom. The number of amides is 2. The Morgan fingerprint density at radius 2 is 1.86 bits per heavy atom. The highest BCUT2D eigenvalue weighted by Crippen LogP contribution is 2.26. The molecule has 9 nitrogen and oxygen atoms in total. The molecule has 2 heterocycles. The summed E-state index contributed by atoms with van der Waals surface area (Å²) in [6.45, 7) is 8.35. The molecule has 0 saturated carbocycles. The predicted molar refractivity (Wildman–Crippen MR) is 136 cm³/mol. The highest BCUT2D eigenvalue weighted by atomic mass is 19.1. The quantitative estimate of drug-likeness (QED) is 0.500. The van der Waals surface area contributed by atoms with Gasteiger partial charge in [-0.25, -0.2) is 4.39 Å². The van der Waals surface area contributed by atoms with Crippen molar-refractivity contribution in [3.05, 3.63) is 65.5 Å². The van der Waals surface area contributed by atoms with E-state index >= 15 is 0 Å². The van der Waals surface area contributed by atoms with E-state index < -0.39 is 11.6 Å². The monoisotopic (exact) mass is 508 g/mol. The number of carbonyl (C=O) groups excluding carboxylic acids is 2. The standard InChI is InChI=1S/C27H33FN6O3/c1-18-7-9-19(10-8-18)24(26(36)29-27(2,3)4)33(16-22-6-5-15-37-22)23(35)17-34-31-25(30-32-34)20-11-13-21(28)14-12-20/h7-14,22,24H,5-6,15-17H2,1-4H3,(H,29,36)/t22-,24+/m0/s1. The number of tetrazole rings is 1. The van der Waals surface area contributed by atoms with Crippen molar-refractivity contribution in [1.82, 2.24) is 30.4 Å². The number of nitrogens with one attached hydrogen (secondary N) is 1. The van der Waals surface area contributed by atoms with Crippen LogP contribution in [0, 0.1) is 12.7 Å². The average Bonchev–Trinajstić information content (AvgIpc) is 3.51. The van der Waals surface area contributed by atoms with Crippen LogP contribution in [0.4, 0.5) is 4.39 Å². The number of nitrogens with zero attached hydrogens (tertiary/aromatic N) is 5. The molecule has 1 saturated heterocycles. The lowest BCUT2D eigenvalue weighted by Gasteiger charge is -2.35. The molecule has 37 heavy (non-hydrogen) atoms. The van der Waals surface area contributed by atoms with Crippen molar-refractivity contribution in [2.24, 2.45) is 0 Å². The number of benzene rings is 2. The van der Waals surface area contributed by atoms with Gasteiger partial charge >= 0.3 is 0 Å². The zero-order valence-electron chi connectivity index (χ0n) is 21.6. The summed E-state index contributed by atoms with van der Waals surface area (Å²) in [6, 6.07) is 12.5.